The van der Waals surface area contributed by atoms with E-state index in [1.54, 1.807) is 23.7 Å². The third kappa shape index (κ3) is 6.62. The van der Waals surface area contributed by atoms with Crippen molar-refractivity contribution in [3.63, 3.8) is 0 Å². The van der Waals surface area contributed by atoms with Gasteiger partial charge in [0, 0.05) is 37.9 Å². The summed E-state index contributed by atoms with van der Waals surface area (Å²) < 4.78 is 88.9. The molecule has 2 aliphatic heterocycles. The van der Waals surface area contributed by atoms with E-state index in [0.717, 1.165) is 23.3 Å². The summed E-state index contributed by atoms with van der Waals surface area (Å²) in [4.78, 5) is 1.60. The van der Waals surface area contributed by atoms with E-state index in [1.807, 2.05) is 50.8 Å². The standard InChI is InChI=1S/C28H36F3N3O4S2/c1-26(2)18-21(19-27(3,4)38-26)20-10-11-24-25(16-20)34(15-14-33(24)13-12-32(5)39(6)35)40(36,37)23-9-7-8-22(17-23)28(29,30)31/h7-11,16-18H,12-15,19H2,1-6H3. The van der Waals surface area contributed by atoms with E-state index in [9.17, 15) is 26.1 Å². The molecule has 1 unspecified atom stereocenters. The topological polar surface area (TPSA) is 76.2 Å². The second-order valence-corrected chi connectivity index (χ2v) is 14.7. The van der Waals surface area contributed by atoms with Gasteiger partial charge in [0.25, 0.3) is 10.0 Å². The van der Waals surface area contributed by atoms with Gasteiger partial charge in [-0.2, -0.15) is 13.2 Å². The molecule has 0 bridgehead atoms. The van der Waals surface area contributed by atoms with Crippen molar-refractivity contribution in [1.29, 1.82) is 0 Å². The van der Waals surface area contributed by atoms with Crippen LogP contribution in [0.15, 0.2) is 53.4 Å². The minimum absolute atomic E-state index is 0.0487. The average molecular weight is 600 g/mol. The second kappa shape index (κ2) is 10.9. The molecule has 1 atom stereocenters. The number of rotatable bonds is 7. The molecule has 0 saturated carbocycles. The van der Waals surface area contributed by atoms with Crippen LogP contribution in [0, 0.1) is 0 Å². The summed E-state index contributed by atoms with van der Waals surface area (Å²) in [6.07, 6.45) is -0.454. The molecule has 0 aromatic heterocycles. The van der Waals surface area contributed by atoms with Gasteiger partial charge in [0.1, 0.15) is 6.26 Å². The van der Waals surface area contributed by atoms with Crippen molar-refractivity contribution in [2.24, 2.45) is 0 Å². The highest BCUT2D eigenvalue weighted by molar-refractivity contribution is 7.92. The van der Waals surface area contributed by atoms with Gasteiger partial charge in [-0.25, -0.2) is 8.42 Å². The Morgan fingerprint density at radius 3 is 2.40 bits per heavy atom. The van der Waals surface area contributed by atoms with Crippen LogP contribution in [0.5, 0.6) is 0 Å². The maximum Gasteiger partial charge on any atom is 0.416 e. The molecule has 2 aromatic carbocycles. The molecular weight excluding hydrogens is 563 g/mol. The van der Waals surface area contributed by atoms with E-state index in [1.165, 1.54) is 10.4 Å². The Kier molecular flexibility index (Phi) is 8.34. The first-order valence-electron chi connectivity index (χ1n) is 13.0. The molecule has 0 saturated heterocycles. The van der Waals surface area contributed by atoms with E-state index in [4.69, 9.17) is 4.74 Å². The number of hydrogen-bond donors (Lipinski definition) is 0. The average Bonchev–Trinajstić information content (AvgIpc) is 2.84. The fourth-order valence-corrected chi connectivity index (χ4v) is 7.21. The van der Waals surface area contributed by atoms with Gasteiger partial charge in [-0.15, -0.1) is 4.31 Å². The molecule has 2 heterocycles. The first kappa shape index (κ1) is 30.7. The van der Waals surface area contributed by atoms with Crippen molar-refractivity contribution in [2.45, 2.75) is 56.4 Å². The number of ether oxygens (including phenoxy) is 1. The van der Waals surface area contributed by atoms with Crippen molar-refractivity contribution in [3.05, 3.63) is 59.7 Å². The quantitative estimate of drug-likeness (QED) is 0.402. The van der Waals surface area contributed by atoms with Gasteiger partial charge in [0.15, 0.2) is 0 Å². The number of fused-ring (bicyclic) bond motifs is 1. The Balaban J connectivity index is 1.80. The zero-order chi connectivity index (χ0) is 29.7. The summed E-state index contributed by atoms with van der Waals surface area (Å²) in [5, 5.41) is 0. The molecule has 0 radical (unpaired) electrons. The Morgan fingerprint density at radius 1 is 1.07 bits per heavy atom. The van der Waals surface area contributed by atoms with E-state index in [2.05, 4.69) is 0 Å². The van der Waals surface area contributed by atoms with Crippen molar-refractivity contribution >= 4 is 38.3 Å². The third-order valence-electron chi connectivity index (χ3n) is 7.08. The molecule has 2 aliphatic rings. The smallest absolute Gasteiger partial charge is 0.416 e. The number of hydrogen-bond acceptors (Lipinski definition) is 6. The molecule has 0 amide bonds. The van der Waals surface area contributed by atoms with Crippen LogP contribution in [-0.4, -0.2) is 68.0 Å². The Morgan fingerprint density at radius 2 is 1.77 bits per heavy atom. The Bertz CT molecular complexity index is 1390. The molecule has 0 spiro atoms. The number of nitrogens with zero attached hydrogens (tertiary/aromatic N) is 3. The van der Waals surface area contributed by atoms with Crippen LogP contribution >= 0.6 is 0 Å². The fraction of sp³-hybridized carbons (Fsp3) is 0.500. The van der Waals surface area contributed by atoms with Gasteiger partial charge < -0.3 is 14.2 Å². The van der Waals surface area contributed by atoms with E-state index in [0.29, 0.717) is 43.5 Å². The minimum atomic E-state index is -4.67. The third-order valence-corrected chi connectivity index (χ3v) is 9.95. The van der Waals surface area contributed by atoms with Crippen LogP contribution < -0.4 is 9.21 Å². The fourth-order valence-electron chi connectivity index (χ4n) is 5.37. The van der Waals surface area contributed by atoms with Crippen LogP contribution in [0.3, 0.4) is 0 Å². The molecule has 40 heavy (non-hydrogen) atoms. The maximum atomic E-state index is 13.8. The summed E-state index contributed by atoms with van der Waals surface area (Å²) in [5.41, 5.74) is 0.855. The van der Waals surface area contributed by atoms with Crippen molar-refractivity contribution in [2.75, 3.05) is 48.7 Å². The van der Waals surface area contributed by atoms with Crippen LogP contribution in [0.4, 0.5) is 24.5 Å². The van der Waals surface area contributed by atoms with E-state index >= 15 is 0 Å². The maximum absolute atomic E-state index is 13.8. The first-order chi connectivity index (χ1) is 18.4. The number of sulfonamides is 1. The van der Waals surface area contributed by atoms with Crippen LogP contribution in [0.25, 0.3) is 5.57 Å². The van der Waals surface area contributed by atoms with Crippen molar-refractivity contribution in [3.8, 4) is 0 Å². The van der Waals surface area contributed by atoms with E-state index < -0.39 is 49.2 Å². The summed E-state index contributed by atoms with van der Waals surface area (Å²) in [6, 6.07) is 9.45. The highest BCUT2D eigenvalue weighted by Crippen LogP contribution is 2.43. The van der Waals surface area contributed by atoms with Gasteiger partial charge in [-0.05, 0) is 75.2 Å². The lowest BCUT2D eigenvalue weighted by molar-refractivity contribution is -0.137. The predicted octanol–water partition coefficient (Wildman–Crippen LogP) is 5.31. The van der Waals surface area contributed by atoms with Crippen LogP contribution in [0.2, 0.25) is 0 Å². The van der Waals surface area contributed by atoms with Crippen LogP contribution in [-0.2, 0) is 32.3 Å². The van der Waals surface area contributed by atoms with Gasteiger partial charge in [-0.1, -0.05) is 12.1 Å². The van der Waals surface area contributed by atoms with Gasteiger partial charge in [0.2, 0.25) is 0 Å². The number of anilines is 2. The lowest BCUT2D eigenvalue weighted by Gasteiger charge is -2.41. The van der Waals surface area contributed by atoms with Crippen molar-refractivity contribution < 1.29 is 30.9 Å². The molecule has 7 nitrogen and oxygen atoms in total. The zero-order valence-electron chi connectivity index (χ0n) is 23.6. The highest BCUT2D eigenvalue weighted by Gasteiger charge is 2.37. The monoisotopic (exact) mass is 599 g/mol. The summed E-state index contributed by atoms with van der Waals surface area (Å²) >= 11 is -1.16. The number of likely N-dealkylation sites (N-methyl/N-ethyl adjacent to an activating group) is 1. The Hall–Kier alpha value is -2.25. The highest BCUT2D eigenvalue weighted by atomic mass is 32.2. The van der Waals surface area contributed by atoms with Crippen molar-refractivity contribution in [1.82, 2.24) is 4.31 Å². The normalized spacial score (nSPS) is 19.8. The lowest BCUT2D eigenvalue weighted by atomic mass is 9.85. The molecule has 0 fully saturated rings. The number of halogens is 3. The largest absolute Gasteiger partial charge is 0.598 e. The van der Waals surface area contributed by atoms with Gasteiger partial charge in [-0.3, -0.25) is 4.31 Å². The molecule has 2 aromatic rings. The lowest BCUT2D eigenvalue weighted by Crippen LogP contribution is -2.46. The van der Waals surface area contributed by atoms with Gasteiger partial charge in [0.05, 0.1) is 46.1 Å². The molecule has 0 N–H and O–H groups in total. The summed E-state index contributed by atoms with van der Waals surface area (Å²) in [6.45, 7) is 9.28. The summed E-state index contributed by atoms with van der Waals surface area (Å²) in [7, 11) is -2.57. The molecule has 12 heteroatoms. The van der Waals surface area contributed by atoms with Gasteiger partial charge >= 0.3 is 6.18 Å². The molecule has 4 rings (SSSR count). The SMILES string of the molecule is CN(CCN1CCN(S(=O)(=O)c2cccc(C(F)(F)F)c2)c2cc(C3=CC(C)(C)OC(C)(C)C3)ccc21)[S+](C)[O-]. The number of alkyl halides is 3. The molecule has 220 valence electrons. The predicted molar refractivity (Wildman–Crippen MR) is 153 cm³/mol. The first-order valence-corrected chi connectivity index (χ1v) is 15.9. The minimum Gasteiger partial charge on any atom is -0.598 e. The summed E-state index contributed by atoms with van der Waals surface area (Å²) in [5.74, 6) is 0. The second-order valence-electron chi connectivity index (χ2n) is 11.4. The zero-order valence-corrected chi connectivity index (χ0v) is 25.2. The molecular formula is C28H36F3N3O4S2. The van der Waals surface area contributed by atoms with Crippen LogP contribution in [0.1, 0.15) is 45.2 Å². The van der Waals surface area contributed by atoms with E-state index in [-0.39, 0.29) is 6.54 Å². The number of benzene rings is 2. The molecule has 0 aliphatic carbocycles. The Labute approximate surface area is 238 Å².